The van der Waals surface area contributed by atoms with Crippen LogP contribution in [0.2, 0.25) is 0 Å². The van der Waals surface area contributed by atoms with Crippen LogP contribution in [-0.4, -0.2) is 9.55 Å². The van der Waals surface area contributed by atoms with Gasteiger partial charge in [-0.15, -0.1) is 0 Å². The Morgan fingerprint density at radius 1 is 1.20 bits per heavy atom. The molecule has 1 aromatic heterocycles. The van der Waals surface area contributed by atoms with Crippen molar-refractivity contribution in [3.05, 3.63) is 16.5 Å². The van der Waals surface area contributed by atoms with E-state index in [1.807, 2.05) is 0 Å². The summed E-state index contributed by atoms with van der Waals surface area (Å²) in [5.41, 5.74) is 0. The Bertz CT molecular complexity index is 436. The van der Waals surface area contributed by atoms with E-state index in [1.165, 1.54) is 5.35 Å². The van der Waals surface area contributed by atoms with Crippen LogP contribution in [-0.2, 0) is 0 Å². The molecule has 84 valence electrons. The predicted octanol–water partition coefficient (Wildman–Crippen LogP) is 2.01. The van der Waals surface area contributed by atoms with Gasteiger partial charge in [0.05, 0.1) is 10.7 Å². The summed E-state index contributed by atoms with van der Waals surface area (Å²) in [4.78, 5) is 4.62. The van der Waals surface area contributed by atoms with Crippen molar-refractivity contribution in [3.63, 3.8) is 0 Å². The van der Waals surface area contributed by atoms with Crippen molar-refractivity contribution in [2.75, 3.05) is 0 Å². The van der Waals surface area contributed by atoms with Crippen LogP contribution >= 0.6 is 0 Å². The van der Waals surface area contributed by atoms with Crippen molar-refractivity contribution in [2.24, 2.45) is 5.92 Å². The fourth-order valence-electron chi connectivity index (χ4n) is 1.96. The molecule has 2 nitrogen and oxygen atoms in total. The minimum atomic E-state index is 0.470. The Balaban J connectivity index is 3.53. The molecule has 0 N–H and O–H groups in total. The topological polar surface area (TPSA) is 17.8 Å². The molecule has 1 rings (SSSR count). The second-order valence-corrected chi connectivity index (χ2v) is 4.59. The number of nitrogens with zero attached hydrogens (tertiary/aromatic N) is 2. The summed E-state index contributed by atoms with van der Waals surface area (Å²) >= 11 is 0. The molecule has 2 heteroatoms. The summed E-state index contributed by atoms with van der Waals surface area (Å²) in [6.45, 7) is 12.9. The van der Waals surface area contributed by atoms with E-state index in [-0.39, 0.29) is 0 Å². The van der Waals surface area contributed by atoms with E-state index < -0.39 is 0 Å². The van der Waals surface area contributed by atoms with Crippen LogP contribution < -0.4 is 10.7 Å². The van der Waals surface area contributed by atoms with Gasteiger partial charge in [0, 0.05) is 6.04 Å². The van der Waals surface area contributed by atoms with Gasteiger partial charge in [0.15, 0.2) is 0 Å². The Labute approximate surface area is 92.3 Å². The van der Waals surface area contributed by atoms with Crippen molar-refractivity contribution >= 4 is 12.2 Å². The first-order valence-electron chi connectivity index (χ1n) is 5.70. The SMILES string of the molecule is C/C=c1\c(=C/C(C)C)nc(C)n1C(C)C. The highest BCUT2D eigenvalue weighted by Crippen LogP contribution is 2.01. The second-order valence-electron chi connectivity index (χ2n) is 4.59. The van der Waals surface area contributed by atoms with Gasteiger partial charge >= 0.3 is 0 Å². The number of rotatable bonds is 2. The van der Waals surface area contributed by atoms with Gasteiger partial charge in [-0.1, -0.05) is 26.0 Å². The van der Waals surface area contributed by atoms with Gasteiger partial charge in [-0.05, 0) is 33.6 Å². The Hall–Kier alpha value is -1.05. The molecule has 1 heterocycles. The van der Waals surface area contributed by atoms with E-state index in [0.29, 0.717) is 12.0 Å². The van der Waals surface area contributed by atoms with Crippen LogP contribution in [0.1, 0.15) is 46.5 Å². The zero-order chi connectivity index (χ0) is 11.6. The summed E-state index contributed by atoms with van der Waals surface area (Å²) < 4.78 is 2.29. The highest BCUT2D eigenvalue weighted by Gasteiger charge is 2.06. The van der Waals surface area contributed by atoms with Crippen LogP contribution in [0.15, 0.2) is 0 Å². The monoisotopic (exact) mass is 206 g/mol. The molecular formula is C13H22N2. The molecule has 0 aliphatic heterocycles. The Morgan fingerprint density at radius 2 is 1.80 bits per heavy atom. The average molecular weight is 206 g/mol. The Morgan fingerprint density at radius 3 is 2.20 bits per heavy atom. The number of hydrogen-bond donors (Lipinski definition) is 0. The van der Waals surface area contributed by atoms with E-state index in [4.69, 9.17) is 0 Å². The van der Waals surface area contributed by atoms with Gasteiger partial charge in [0.2, 0.25) is 0 Å². The molecule has 0 atom stereocenters. The number of imidazole rings is 1. The maximum Gasteiger partial charge on any atom is 0.106 e. The Kier molecular flexibility index (Phi) is 3.72. The van der Waals surface area contributed by atoms with Gasteiger partial charge in [0.25, 0.3) is 0 Å². The van der Waals surface area contributed by atoms with E-state index in [0.717, 1.165) is 11.2 Å². The molecule has 0 radical (unpaired) electrons. The summed E-state index contributed by atoms with van der Waals surface area (Å²) in [6.07, 6.45) is 4.37. The fourth-order valence-corrected chi connectivity index (χ4v) is 1.96. The van der Waals surface area contributed by atoms with Crippen LogP contribution in [0.5, 0.6) is 0 Å². The molecule has 0 aliphatic rings. The first kappa shape index (κ1) is 12.0. The number of hydrogen-bond acceptors (Lipinski definition) is 1. The van der Waals surface area contributed by atoms with Gasteiger partial charge in [-0.2, -0.15) is 0 Å². The second kappa shape index (κ2) is 4.65. The van der Waals surface area contributed by atoms with E-state index in [2.05, 4.69) is 63.2 Å². The largest absolute Gasteiger partial charge is 0.326 e. The average Bonchev–Trinajstić information content (AvgIpc) is 2.40. The minimum Gasteiger partial charge on any atom is -0.326 e. The molecular weight excluding hydrogens is 184 g/mol. The lowest BCUT2D eigenvalue weighted by Crippen LogP contribution is -2.31. The lowest BCUT2D eigenvalue weighted by atomic mass is 10.2. The molecule has 0 fully saturated rings. The summed E-state index contributed by atoms with van der Waals surface area (Å²) in [6, 6.07) is 0.470. The van der Waals surface area contributed by atoms with Gasteiger partial charge in [-0.25, -0.2) is 4.98 Å². The van der Waals surface area contributed by atoms with Crippen LogP contribution in [0.3, 0.4) is 0 Å². The molecule has 0 aromatic carbocycles. The van der Waals surface area contributed by atoms with Gasteiger partial charge < -0.3 is 4.57 Å². The molecule has 0 saturated carbocycles. The van der Waals surface area contributed by atoms with Crippen molar-refractivity contribution < 1.29 is 0 Å². The van der Waals surface area contributed by atoms with Crippen LogP contribution in [0.25, 0.3) is 12.2 Å². The first-order chi connectivity index (χ1) is 6.97. The summed E-state index contributed by atoms with van der Waals surface area (Å²) in [5.74, 6) is 1.64. The van der Waals surface area contributed by atoms with Crippen molar-refractivity contribution in [1.29, 1.82) is 0 Å². The molecule has 1 aromatic rings. The zero-order valence-corrected chi connectivity index (χ0v) is 10.7. The maximum atomic E-state index is 4.62. The molecule has 0 unspecified atom stereocenters. The smallest absolute Gasteiger partial charge is 0.106 e. The highest BCUT2D eigenvalue weighted by molar-refractivity contribution is 5.27. The van der Waals surface area contributed by atoms with Crippen molar-refractivity contribution in [1.82, 2.24) is 9.55 Å². The predicted molar refractivity (Wildman–Crippen MR) is 66.0 cm³/mol. The third kappa shape index (κ3) is 2.49. The number of aromatic nitrogens is 2. The molecule has 0 saturated heterocycles. The van der Waals surface area contributed by atoms with Crippen molar-refractivity contribution in [3.8, 4) is 0 Å². The zero-order valence-electron chi connectivity index (χ0n) is 10.7. The van der Waals surface area contributed by atoms with Crippen LogP contribution in [0, 0.1) is 12.8 Å². The normalized spacial score (nSPS) is 14.7. The molecule has 0 bridgehead atoms. The van der Waals surface area contributed by atoms with Gasteiger partial charge in [-0.3, -0.25) is 0 Å². The maximum absolute atomic E-state index is 4.62. The van der Waals surface area contributed by atoms with E-state index >= 15 is 0 Å². The first-order valence-corrected chi connectivity index (χ1v) is 5.70. The van der Waals surface area contributed by atoms with E-state index in [9.17, 15) is 0 Å². The minimum absolute atomic E-state index is 0.470. The number of aryl methyl sites for hydroxylation is 1. The van der Waals surface area contributed by atoms with Crippen molar-refractivity contribution in [2.45, 2.75) is 47.6 Å². The fraction of sp³-hybridized carbons (Fsp3) is 0.615. The molecule has 0 spiro atoms. The summed E-state index contributed by atoms with van der Waals surface area (Å²) in [7, 11) is 0. The van der Waals surface area contributed by atoms with Crippen LogP contribution in [0.4, 0.5) is 0 Å². The lowest BCUT2D eigenvalue weighted by molar-refractivity contribution is 0.568. The molecule has 0 aliphatic carbocycles. The summed E-state index contributed by atoms with van der Waals surface area (Å²) in [5, 5.41) is 2.37. The lowest BCUT2D eigenvalue weighted by Gasteiger charge is -2.09. The highest BCUT2D eigenvalue weighted by atomic mass is 15.1. The molecule has 15 heavy (non-hydrogen) atoms. The third-order valence-electron chi connectivity index (χ3n) is 2.43. The third-order valence-corrected chi connectivity index (χ3v) is 2.43. The standard InChI is InChI=1S/C13H22N2/c1-7-13-12(8-9(2)3)14-11(6)15(13)10(4)5/h7-10H,1-6H3/b12-8+,13-7+. The van der Waals surface area contributed by atoms with Gasteiger partial charge in [0.1, 0.15) is 5.82 Å². The molecule has 0 amide bonds. The quantitative estimate of drug-likeness (QED) is 0.724. The van der Waals surface area contributed by atoms with E-state index in [1.54, 1.807) is 0 Å².